The summed E-state index contributed by atoms with van der Waals surface area (Å²) in [5.74, 6) is 0.579. The summed E-state index contributed by atoms with van der Waals surface area (Å²) in [6.45, 7) is 3.60. The van der Waals surface area contributed by atoms with Gasteiger partial charge in [0.2, 0.25) is 10.0 Å². The van der Waals surface area contributed by atoms with Gasteiger partial charge in [-0.2, -0.15) is 0 Å². The molecular formula is C13H27N3O2S. The maximum Gasteiger partial charge on any atom is 0.214 e. The molecule has 0 saturated carbocycles. The van der Waals surface area contributed by atoms with Crippen molar-refractivity contribution in [1.82, 2.24) is 14.5 Å². The Kier molecular flexibility index (Phi) is 5.22. The molecule has 0 aromatic rings. The molecule has 19 heavy (non-hydrogen) atoms. The number of piperidine rings is 1. The highest BCUT2D eigenvalue weighted by molar-refractivity contribution is 7.89. The van der Waals surface area contributed by atoms with Gasteiger partial charge >= 0.3 is 0 Å². The summed E-state index contributed by atoms with van der Waals surface area (Å²) < 4.78 is 26.3. The van der Waals surface area contributed by atoms with Crippen LogP contribution in [-0.4, -0.2) is 69.7 Å². The Balaban J connectivity index is 1.86. The molecule has 0 aliphatic carbocycles. The fraction of sp³-hybridized carbons (Fsp3) is 1.00. The second-order valence-corrected chi connectivity index (χ2v) is 8.17. The summed E-state index contributed by atoms with van der Waals surface area (Å²) in [7, 11) is 0.716. The van der Waals surface area contributed by atoms with Crippen LogP contribution in [0.5, 0.6) is 0 Å². The number of likely N-dealkylation sites (tertiary alicyclic amines) is 1. The molecule has 5 nitrogen and oxygen atoms in total. The van der Waals surface area contributed by atoms with Crippen LogP contribution in [0.15, 0.2) is 0 Å². The minimum Gasteiger partial charge on any atom is -0.316 e. The molecule has 2 unspecified atom stereocenters. The molecule has 0 bridgehead atoms. The largest absolute Gasteiger partial charge is 0.316 e. The summed E-state index contributed by atoms with van der Waals surface area (Å²) in [5.41, 5.74) is 0. The van der Waals surface area contributed by atoms with Crippen LogP contribution in [0.4, 0.5) is 0 Å². The van der Waals surface area contributed by atoms with Crippen LogP contribution in [0.25, 0.3) is 0 Å². The molecule has 2 fully saturated rings. The molecule has 2 aliphatic heterocycles. The van der Waals surface area contributed by atoms with Crippen molar-refractivity contribution in [3.63, 3.8) is 0 Å². The second kappa shape index (κ2) is 6.52. The maximum atomic E-state index is 12.4. The molecule has 2 saturated heterocycles. The average Bonchev–Trinajstić information content (AvgIpc) is 2.76. The van der Waals surface area contributed by atoms with Crippen molar-refractivity contribution in [2.24, 2.45) is 5.92 Å². The van der Waals surface area contributed by atoms with Gasteiger partial charge in [-0.1, -0.05) is 0 Å². The molecular weight excluding hydrogens is 262 g/mol. The van der Waals surface area contributed by atoms with E-state index in [1.807, 2.05) is 0 Å². The summed E-state index contributed by atoms with van der Waals surface area (Å²) >= 11 is 0. The Labute approximate surface area is 117 Å². The van der Waals surface area contributed by atoms with Gasteiger partial charge in [0.25, 0.3) is 0 Å². The number of nitrogens with one attached hydrogen (secondary N) is 1. The molecule has 2 heterocycles. The first-order valence-corrected chi connectivity index (χ1v) is 8.95. The van der Waals surface area contributed by atoms with Gasteiger partial charge in [-0.25, -0.2) is 12.7 Å². The topological polar surface area (TPSA) is 52.7 Å². The fourth-order valence-corrected chi connectivity index (χ4v) is 4.65. The summed E-state index contributed by atoms with van der Waals surface area (Å²) in [4.78, 5) is 2.27. The van der Waals surface area contributed by atoms with Crippen LogP contribution >= 0.6 is 0 Å². The number of hydrogen-bond donors (Lipinski definition) is 1. The van der Waals surface area contributed by atoms with Gasteiger partial charge in [-0.15, -0.1) is 0 Å². The summed E-state index contributed by atoms with van der Waals surface area (Å²) in [6.07, 6.45) is 4.42. The van der Waals surface area contributed by atoms with E-state index in [0.29, 0.717) is 18.3 Å². The zero-order valence-corrected chi connectivity index (χ0v) is 13.0. The average molecular weight is 289 g/mol. The minimum atomic E-state index is -3.10. The maximum absolute atomic E-state index is 12.4. The van der Waals surface area contributed by atoms with Crippen molar-refractivity contribution >= 4 is 10.0 Å². The lowest BCUT2D eigenvalue weighted by atomic mass is 10.0. The Morgan fingerprint density at radius 3 is 2.68 bits per heavy atom. The molecule has 0 radical (unpaired) electrons. The van der Waals surface area contributed by atoms with E-state index in [0.717, 1.165) is 38.9 Å². The van der Waals surface area contributed by atoms with E-state index in [2.05, 4.69) is 17.3 Å². The first-order valence-electron chi connectivity index (χ1n) is 7.34. The Morgan fingerprint density at radius 2 is 2.11 bits per heavy atom. The van der Waals surface area contributed by atoms with Gasteiger partial charge < -0.3 is 10.2 Å². The van der Waals surface area contributed by atoms with Crippen molar-refractivity contribution in [1.29, 1.82) is 0 Å². The van der Waals surface area contributed by atoms with Crippen LogP contribution in [0.2, 0.25) is 0 Å². The third kappa shape index (κ3) is 4.15. The van der Waals surface area contributed by atoms with Crippen LogP contribution in [-0.2, 0) is 10.0 Å². The van der Waals surface area contributed by atoms with Gasteiger partial charge in [-0.3, -0.25) is 0 Å². The van der Waals surface area contributed by atoms with Crippen LogP contribution in [0.1, 0.15) is 25.7 Å². The van der Waals surface area contributed by atoms with Crippen molar-refractivity contribution in [3.05, 3.63) is 0 Å². The summed E-state index contributed by atoms with van der Waals surface area (Å²) in [6, 6.07) is 0.393. The lowest BCUT2D eigenvalue weighted by Gasteiger charge is -2.28. The van der Waals surface area contributed by atoms with Crippen LogP contribution < -0.4 is 5.32 Å². The number of rotatable bonds is 5. The number of nitrogens with zero attached hydrogens (tertiary/aromatic N) is 2. The first kappa shape index (κ1) is 15.2. The third-order valence-corrected chi connectivity index (χ3v) is 6.45. The highest BCUT2D eigenvalue weighted by atomic mass is 32.2. The van der Waals surface area contributed by atoms with Crippen LogP contribution in [0, 0.1) is 5.92 Å². The van der Waals surface area contributed by atoms with E-state index in [-0.39, 0.29) is 5.92 Å². The predicted octanol–water partition coefficient (Wildman–Crippen LogP) is 0.342. The molecule has 6 heteroatoms. The van der Waals surface area contributed by atoms with Crippen molar-refractivity contribution in [2.75, 3.05) is 46.0 Å². The first-order chi connectivity index (χ1) is 8.99. The molecule has 112 valence electrons. The molecule has 0 aromatic carbocycles. The normalized spacial score (nSPS) is 30.1. The number of sulfonamides is 1. The van der Waals surface area contributed by atoms with Gasteiger partial charge in [0, 0.05) is 19.6 Å². The van der Waals surface area contributed by atoms with Crippen LogP contribution in [0.3, 0.4) is 0 Å². The van der Waals surface area contributed by atoms with E-state index in [1.165, 1.54) is 6.42 Å². The summed E-state index contributed by atoms with van der Waals surface area (Å²) in [5, 5.41) is 3.29. The Bertz CT molecular complexity index is 379. The zero-order chi connectivity index (χ0) is 13.9. The van der Waals surface area contributed by atoms with Gasteiger partial charge in [0.1, 0.15) is 0 Å². The lowest BCUT2D eigenvalue weighted by Crippen LogP contribution is -2.43. The van der Waals surface area contributed by atoms with Gasteiger partial charge in [0.15, 0.2) is 0 Å². The minimum absolute atomic E-state index is 0.280. The zero-order valence-electron chi connectivity index (χ0n) is 12.1. The second-order valence-electron chi connectivity index (χ2n) is 6.05. The smallest absolute Gasteiger partial charge is 0.214 e. The predicted molar refractivity (Wildman–Crippen MR) is 77.7 cm³/mol. The molecule has 2 rings (SSSR count). The molecule has 0 aromatic heterocycles. The monoisotopic (exact) mass is 289 g/mol. The molecule has 2 aliphatic rings. The standard InChI is InChI=1S/C13H27N3O2S/c1-15-8-4-6-13(15)10-16(2)19(17,18)11-12-5-3-7-14-9-12/h12-14H,3-11H2,1-2H3. The van der Waals surface area contributed by atoms with Gasteiger partial charge in [0.05, 0.1) is 5.75 Å². The van der Waals surface area contributed by atoms with Gasteiger partial charge in [-0.05, 0) is 58.3 Å². The highest BCUT2D eigenvalue weighted by Crippen LogP contribution is 2.19. The van der Waals surface area contributed by atoms with Crippen molar-refractivity contribution in [3.8, 4) is 0 Å². The molecule has 2 atom stereocenters. The number of hydrogen-bond acceptors (Lipinski definition) is 4. The SMILES string of the molecule is CN1CCCC1CN(C)S(=O)(=O)CC1CCCNC1. The van der Waals surface area contributed by atoms with E-state index < -0.39 is 10.0 Å². The molecule has 0 spiro atoms. The van der Waals surface area contributed by atoms with E-state index >= 15 is 0 Å². The quantitative estimate of drug-likeness (QED) is 0.793. The van der Waals surface area contributed by atoms with E-state index in [1.54, 1.807) is 11.4 Å². The lowest BCUT2D eigenvalue weighted by molar-refractivity contribution is 0.269. The Morgan fingerprint density at radius 1 is 1.32 bits per heavy atom. The van der Waals surface area contributed by atoms with E-state index in [4.69, 9.17) is 0 Å². The fourth-order valence-electron chi connectivity index (χ4n) is 3.11. The third-order valence-electron chi connectivity index (χ3n) is 4.46. The molecule has 1 N–H and O–H groups in total. The van der Waals surface area contributed by atoms with E-state index in [9.17, 15) is 8.42 Å². The Hall–Kier alpha value is -0.170. The van der Waals surface area contributed by atoms with Crippen molar-refractivity contribution in [2.45, 2.75) is 31.7 Å². The molecule has 0 amide bonds. The number of likely N-dealkylation sites (N-methyl/N-ethyl adjacent to an activating group) is 2. The highest BCUT2D eigenvalue weighted by Gasteiger charge is 2.29. The van der Waals surface area contributed by atoms with Crippen molar-refractivity contribution < 1.29 is 8.42 Å².